The molecule has 0 spiro atoms. The summed E-state index contributed by atoms with van der Waals surface area (Å²) in [7, 11) is 0. The monoisotopic (exact) mass is 398 g/mol. The summed E-state index contributed by atoms with van der Waals surface area (Å²) in [5, 5.41) is 3.21. The van der Waals surface area contributed by atoms with Crippen molar-refractivity contribution in [1.29, 1.82) is 0 Å². The van der Waals surface area contributed by atoms with E-state index in [4.69, 9.17) is 27.9 Å². The molecular formula is C17H16Cl2N2O3S. The summed E-state index contributed by atoms with van der Waals surface area (Å²) in [5.74, 6) is -0.981. The predicted octanol–water partition coefficient (Wildman–Crippen LogP) is 4.48. The fourth-order valence-electron chi connectivity index (χ4n) is 2.58. The first-order valence-corrected chi connectivity index (χ1v) is 9.53. The highest BCUT2D eigenvalue weighted by molar-refractivity contribution is 7.13. The molecule has 0 N–H and O–H groups in total. The Morgan fingerprint density at radius 2 is 1.80 bits per heavy atom. The van der Waals surface area contributed by atoms with Gasteiger partial charge in [0.1, 0.15) is 5.69 Å². The van der Waals surface area contributed by atoms with Gasteiger partial charge in [-0.1, -0.05) is 23.2 Å². The summed E-state index contributed by atoms with van der Waals surface area (Å²) < 4.78 is 5.05. The Morgan fingerprint density at radius 3 is 2.48 bits per heavy atom. The van der Waals surface area contributed by atoms with Crippen LogP contribution in [0.5, 0.6) is 0 Å². The number of carbonyl (C=O) groups is 2. The lowest BCUT2D eigenvalue weighted by atomic mass is 10.1. The highest BCUT2D eigenvalue weighted by Gasteiger charge is 2.19. The first-order valence-electron chi connectivity index (χ1n) is 7.90. The molecule has 1 aliphatic rings. The molecule has 1 fully saturated rings. The molecule has 5 nitrogen and oxygen atoms in total. The quantitative estimate of drug-likeness (QED) is 0.548. The van der Waals surface area contributed by atoms with Gasteiger partial charge in [-0.05, 0) is 37.5 Å². The van der Waals surface area contributed by atoms with Gasteiger partial charge >= 0.3 is 5.97 Å². The second-order valence-corrected chi connectivity index (χ2v) is 7.43. The third-order valence-corrected chi connectivity index (χ3v) is 5.17. The highest BCUT2D eigenvalue weighted by atomic mass is 35.5. The van der Waals surface area contributed by atoms with E-state index in [0.29, 0.717) is 15.7 Å². The summed E-state index contributed by atoms with van der Waals surface area (Å²) in [5.41, 5.74) is 0.528. The summed E-state index contributed by atoms with van der Waals surface area (Å²) >= 11 is 13.2. The molecule has 0 radical (unpaired) electrons. The molecule has 1 aromatic carbocycles. The zero-order valence-corrected chi connectivity index (χ0v) is 15.7. The van der Waals surface area contributed by atoms with Crippen LogP contribution in [0.2, 0.25) is 10.0 Å². The molecule has 0 aliphatic carbocycles. The average molecular weight is 399 g/mol. The maximum absolute atomic E-state index is 12.2. The minimum Gasteiger partial charge on any atom is -0.454 e. The van der Waals surface area contributed by atoms with Crippen LogP contribution in [0, 0.1) is 0 Å². The number of carbonyl (C=O) groups excluding carboxylic acids is 2. The Kier molecular flexibility index (Phi) is 5.93. The van der Waals surface area contributed by atoms with Crippen LogP contribution in [0.3, 0.4) is 0 Å². The van der Waals surface area contributed by atoms with E-state index in [2.05, 4.69) is 9.88 Å². The summed E-state index contributed by atoms with van der Waals surface area (Å²) in [4.78, 5) is 30.8. The van der Waals surface area contributed by atoms with Gasteiger partial charge < -0.3 is 9.64 Å². The summed E-state index contributed by atoms with van der Waals surface area (Å²) in [6.07, 6.45) is 3.52. The number of esters is 1. The van der Waals surface area contributed by atoms with E-state index in [1.54, 1.807) is 5.38 Å². The maximum Gasteiger partial charge on any atom is 0.338 e. The molecule has 0 unspecified atom stereocenters. The third kappa shape index (κ3) is 4.71. The van der Waals surface area contributed by atoms with E-state index in [9.17, 15) is 9.59 Å². The molecule has 25 heavy (non-hydrogen) atoms. The van der Waals surface area contributed by atoms with Gasteiger partial charge in [0.2, 0.25) is 5.78 Å². The van der Waals surface area contributed by atoms with E-state index in [1.807, 2.05) is 0 Å². The number of Topliss-reactive ketones (excluding diaryl/α,β-unsaturated/α-hetero) is 1. The number of anilines is 1. The van der Waals surface area contributed by atoms with E-state index in [0.717, 1.165) is 31.1 Å². The van der Waals surface area contributed by atoms with Gasteiger partial charge in [-0.15, -0.1) is 11.3 Å². The van der Waals surface area contributed by atoms with Crippen molar-refractivity contribution in [3.63, 3.8) is 0 Å². The lowest BCUT2D eigenvalue weighted by molar-refractivity contribution is 0.0473. The third-order valence-electron chi connectivity index (χ3n) is 3.84. The van der Waals surface area contributed by atoms with Gasteiger partial charge in [0.25, 0.3) is 0 Å². The number of thiazole rings is 1. The standard InChI is InChI=1S/C17H16Cl2N2O3S/c18-12-6-11(7-13(19)8-12)16(23)24-9-15(22)14-10-25-17(20-14)21-4-2-1-3-5-21/h6-8,10H,1-5,9H2. The van der Waals surface area contributed by atoms with Gasteiger partial charge in [0.05, 0.1) is 5.56 Å². The average Bonchev–Trinajstić information content (AvgIpc) is 3.09. The highest BCUT2D eigenvalue weighted by Crippen LogP contribution is 2.24. The number of piperidine rings is 1. The minimum atomic E-state index is -0.649. The molecular weight excluding hydrogens is 383 g/mol. The lowest BCUT2D eigenvalue weighted by Crippen LogP contribution is -2.29. The Bertz CT molecular complexity index is 768. The number of aromatic nitrogens is 1. The van der Waals surface area contributed by atoms with E-state index < -0.39 is 5.97 Å². The van der Waals surface area contributed by atoms with E-state index in [1.165, 1.54) is 36.0 Å². The second-order valence-electron chi connectivity index (χ2n) is 5.72. The van der Waals surface area contributed by atoms with Crippen molar-refractivity contribution in [2.45, 2.75) is 19.3 Å². The predicted molar refractivity (Wildman–Crippen MR) is 99.3 cm³/mol. The fourth-order valence-corrected chi connectivity index (χ4v) is 3.99. The van der Waals surface area contributed by atoms with Crippen molar-refractivity contribution in [3.05, 3.63) is 44.9 Å². The molecule has 1 aliphatic heterocycles. The van der Waals surface area contributed by atoms with Crippen LogP contribution >= 0.6 is 34.5 Å². The smallest absolute Gasteiger partial charge is 0.338 e. The van der Waals surface area contributed by atoms with Crippen LogP contribution in [0.25, 0.3) is 0 Å². The van der Waals surface area contributed by atoms with E-state index >= 15 is 0 Å². The largest absolute Gasteiger partial charge is 0.454 e. The van der Waals surface area contributed by atoms with Crippen molar-refractivity contribution < 1.29 is 14.3 Å². The number of halogens is 2. The van der Waals surface area contributed by atoms with Crippen LogP contribution in [-0.4, -0.2) is 36.4 Å². The zero-order chi connectivity index (χ0) is 17.8. The molecule has 2 aromatic rings. The summed E-state index contributed by atoms with van der Waals surface area (Å²) in [6, 6.07) is 4.40. The fraction of sp³-hybridized carbons (Fsp3) is 0.353. The molecule has 2 heterocycles. The molecule has 8 heteroatoms. The summed E-state index contributed by atoms with van der Waals surface area (Å²) in [6.45, 7) is 1.56. The Labute approximate surface area is 159 Å². The van der Waals surface area contributed by atoms with Crippen LogP contribution in [0.4, 0.5) is 5.13 Å². The maximum atomic E-state index is 12.2. The van der Waals surface area contributed by atoms with Crippen LogP contribution in [0.15, 0.2) is 23.6 Å². The van der Waals surface area contributed by atoms with Gasteiger partial charge in [0.15, 0.2) is 11.7 Å². The Hall–Kier alpha value is -1.63. The van der Waals surface area contributed by atoms with Crippen LogP contribution < -0.4 is 4.90 Å². The topological polar surface area (TPSA) is 59.5 Å². The number of nitrogens with zero attached hydrogens (tertiary/aromatic N) is 2. The normalized spacial score (nSPS) is 14.4. The van der Waals surface area contributed by atoms with Crippen LogP contribution in [-0.2, 0) is 4.74 Å². The Balaban J connectivity index is 1.59. The molecule has 0 bridgehead atoms. The molecule has 1 saturated heterocycles. The van der Waals surface area contributed by atoms with Crippen molar-refractivity contribution in [2.75, 3.05) is 24.6 Å². The first kappa shape index (κ1) is 18.2. The van der Waals surface area contributed by atoms with Gasteiger partial charge in [-0.25, -0.2) is 9.78 Å². The molecule has 132 valence electrons. The van der Waals surface area contributed by atoms with Gasteiger partial charge in [0, 0.05) is 28.5 Å². The van der Waals surface area contributed by atoms with Crippen molar-refractivity contribution >= 4 is 51.4 Å². The molecule has 3 rings (SSSR count). The number of hydrogen-bond acceptors (Lipinski definition) is 6. The molecule has 0 amide bonds. The zero-order valence-electron chi connectivity index (χ0n) is 13.3. The SMILES string of the molecule is O=C(OCC(=O)c1csc(N2CCCCC2)n1)c1cc(Cl)cc(Cl)c1. The minimum absolute atomic E-state index is 0.206. The van der Waals surface area contributed by atoms with Crippen molar-refractivity contribution in [1.82, 2.24) is 4.98 Å². The van der Waals surface area contributed by atoms with Crippen LogP contribution in [0.1, 0.15) is 40.1 Å². The molecule has 0 atom stereocenters. The number of rotatable bonds is 5. The number of benzene rings is 1. The Morgan fingerprint density at radius 1 is 1.12 bits per heavy atom. The van der Waals surface area contributed by atoms with Gasteiger partial charge in [-0.2, -0.15) is 0 Å². The number of ether oxygens (including phenoxy) is 1. The van der Waals surface area contributed by atoms with Crippen molar-refractivity contribution in [3.8, 4) is 0 Å². The number of hydrogen-bond donors (Lipinski definition) is 0. The molecule has 0 saturated carbocycles. The van der Waals surface area contributed by atoms with E-state index in [-0.39, 0.29) is 18.0 Å². The number of ketones is 1. The first-order chi connectivity index (χ1) is 12.0. The van der Waals surface area contributed by atoms with Gasteiger partial charge in [-0.3, -0.25) is 4.79 Å². The molecule has 1 aromatic heterocycles. The second kappa shape index (κ2) is 8.17. The van der Waals surface area contributed by atoms with Crippen molar-refractivity contribution in [2.24, 2.45) is 0 Å². The lowest BCUT2D eigenvalue weighted by Gasteiger charge is -2.25.